The van der Waals surface area contributed by atoms with Gasteiger partial charge in [-0.05, 0) is 11.6 Å². The number of carbonyl (C=O) groups excluding carboxylic acids is 1. The van der Waals surface area contributed by atoms with E-state index in [1.54, 1.807) is 0 Å². The van der Waals surface area contributed by atoms with Gasteiger partial charge < -0.3 is 4.74 Å². The zero-order chi connectivity index (χ0) is 7.92. The number of esters is 1. The third-order valence-electron chi connectivity index (χ3n) is 3.30. The van der Waals surface area contributed by atoms with Gasteiger partial charge in [-0.25, -0.2) is 4.79 Å². The standard InChI is InChI=1S/C10H6O2/c11-9-6-3-1-2-5-7-4-10(7,12-9)8(5)6/h1-3,7H,4H2. The van der Waals surface area contributed by atoms with Gasteiger partial charge >= 0.3 is 5.97 Å². The predicted octanol–water partition coefficient (Wildman–Crippen LogP) is 1.55. The summed E-state index contributed by atoms with van der Waals surface area (Å²) < 4.78 is 5.33. The van der Waals surface area contributed by atoms with Crippen LogP contribution in [0.15, 0.2) is 18.2 Å². The number of fused-ring (bicyclic) bond motifs is 1. The van der Waals surface area contributed by atoms with Gasteiger partial charge in [-0.1, -0.05) is 12.1 Å². The lowest BCUT2D eigenvalue weighted by atomic mass is 9.84. The van der Waals surface area contributed by atoms with Gasteiger partial charge in [0.05, 0.1) is 5.56 Å². The number of hydrogen-bond donors (Lipinski definition) is 0. The summed E-state index contributed by atoms with van der Waals surface area (Å²) in [6, 6.07) is 5.92. The zero-order valence-electron chi connectivity index (χ0n) is 6.33. The molecule has 12 heavy (non-hydrogen) atoms. The summed E-state index contributed by atoms with van der Waals surface area (Å²) in [5.74, 6) is 0.422. The van der Waals surface area contributed by atoms with E-state index in [-0.39, 0.29) is 11.6 Å². The van der Waals surface area contributed by atoms with Gasteiger partial charge in [0, 0.05) is 17.9 Å². The quantitative estimate of drug-likeness (QED) is 0.535. The summed E-state index contributed by atoms with van der Waals surface area (Å²) in [7, 11) is 0. The van der Waals surface area contributed by atoms with Crippen molar-refractivity contribution in [1.29, 1.82) is 0 Å². The van der Waals surface area contributed by atoms with Gasteiger partial charge in [0.25, 0.3) is 0 Å². The summed E-state index contributed by atoms with van der Waals surface area (Å²) in [5, 5.41) is 0. The highest BCUT2D eigenvalue weighted by molar-refractivity contribution is 5.98. The lowest BCUT2D eigenvalue weighted by molar-refractivity contribution is 0.0263. The molecule has 1 saturated carbocycles. The van der Waals surface area contributed by atoms with E-state index in [1.165, 1.54) is 11.1 Å². The second-order valence-corrected chi connectivity index (χ2v) is 3.81. The smallest absolute Gasteiger partial charge is 0.339 e. The van der Waals surface area contributed by atoms with Gasteiger partial charge in [0.15, 0.2) is 0 Å². The largest absolute Gasteiger partial charge is 0.450 e. The van der Waals surface area contributed by atoms with Gasteiger partial charge in [0.2, 0.25) is 0 Å². The Labute approximate surface area is 69.1 Å². The Morgan fingerprint density at radius 3 is 3.33 bits per heavy atom. The molecule has 1 aliphatic heterocycles. The first-order chi connectivity index (χ1) is 5.83. The molecule has 58 valence electrons. The van der Waals surface area contributed by atoms with E-state index in [1.807, 2.05) is 12.1 Å². The van der Waals surface area contributed by atoms with Crippen LogP contribution in [-0.4, -0.2) is 5.97 Å². The molecule has 0 aromatic heterocycles. The molecule has 2 heteroatoms. The maximum atomic E-state index is 11.3. The Bertz CT molecular complexity index is 435. The summed E-state index contributed by atoms with van der Waals surface area (Å²) in [6.45, 7) is 0. The molecule has 1 spiro atoms. The molecule has 1 heterocycles. The summed E-state index contributed by atoms with van der Waals surface area (Å²) >= 11 is 0. The third kappa shape index (κ3) is 0.310. The molecular formula is C10H6O2. The average molecular weight is 158 g/mol. The Morgan fingerprint density at radius 1 is 1.50 bits per heavy atom. The normalized spacial score (nSPS) is 38.0. The van der Waals surface area contributed by atoms with Crippen LogP contribution in [0.3, 0.4) is 0 Å². The van der Waals surface area contributed by atoms with Crippen molar-refractivity contribution in [3.63, 3.8) is 0 Å². The van der Waals surface area contributed by atoms with Crippen LogP contribution in [0.2, 0.25) is 0 Å². The molecule has 0 amide bonds. The van der Waals surface area contributed by atoms with Crippen LogP contribution in [0.4, 0.5) is 0 Å². The fraction of sp³-hybridized carbons (Fsp3) is 0.300. The van der Waals surface area contributed by atoms with Crippen molar-refractivity contribution in [1.82, 2.24) is 0 Å². The molecule has 1 fully saturated rings. The van der Waals surface area contributed by atoms with Crippen LogP contribution in [0.25, 0.3) is 0 Å². The van der Waals surface area contributed by atoms with Crippen LogP contribution in [0.1, 0.15) is 33.8 Å². The molecule has 2 aliphatic carbocycles. The SMILES string of the molecule is O=C1OC23CC2c2cccc1c23. The lowest BCUT2D eigenvalue weighted by Crippen LogP contribution is -2.18. The molecule has 1 aromatic carbocycles. The van der Waals surface area contributed by atoms with E-state index in [2.05, 4.69) is 6.07 Å². The highest BCUT2D eigenvalue weighted by Gasteiger charge is 2.73. The zero-order valence-corrected chi connectivity index (χ0v) is 6.33. The van der Waals surface area contributed by atoms with Gasteiger partial charge in [-0.2, -0.15) is 0 Å². The molecule has 1 aromatic rings. The lowest BCUT2D eigenvalue weighted by Gasteiger charge is -2.22. The molecule has 0 radical (unpaired) electrons. The van der Waals surface area contributed by atoms with Gasteiger partial charge in [-0.3, -0.25) is 0 Å². The fourth-order valence-electron chi connectivity index (χ4n) is 2.69. The second-order valence-electron chi connectivity index (χ2n) is 3.81. The topological polar surface area (TPSA) is 26.3 Å². The van der Waals surface area contributed by atoms with E-state index in [0.29, 0.717) is 5.92 Å². The minimum atomic E-state index is -0.122. The summed E-state index contributed by atoms with van der Waals surface area (Å²) in [5.41, 5.74) is 3.22. The van der Waals surface area contributed by atoms with Gasteiger partial charge in [0.1, 0.15) is 5.60 Å². The highest BCUT2D eigenvalue weighted by Crippen LogP contribution is 2.74. The van der Waals surface area contributed by atoms with Crippen LogP contribution in [0.5, 0.6) is 0 Å². The van der Waals surface area contributed by atoms with E-state index in [9.17, 15) is 4.79 Å². The van der Waals surface area contributed by atoms with Crippen molar-refractivity contribution in [2.24, 2.45) is 0 Å². The molecule has 0 saturated heterocycles. The summed E-state index contributed by atoms with van der Waals surface area (Å²) in [6.07, 6.45) is 1.03. The number of carbonyl (C=O) groups is 1. The van der Waals surface area contributed by atoms with Crippen LogP contribution < -0.4 is 0 Å². The number of hydrogen-bond acceptors (Lipinski definition) is 2. The van der Waals surface area contributed by atoms with E-state index in [4.69, 9.17) is 4.74 Å². The average Bonchev–Trinajstić information content (AvgIpc) is 2.60. The molecule has 0 N–H and O–H groups in total. The Kier molecular flexibility index (Phi) is 0.536. The van der Waals surface area contributed by atoms with Crippen molar-refractivity contribution < 1.29 is 9.53 Å². The van der Waals surface area contributed by atoms with Crippen molar-refractivity contribution in [3.05, 3.63) is 34.9 Å². The van der Waals surface area contributed by atoms with Crippen LogP contribution in [0, 0.1) is 0 Å². The van der Waals surface area contributed by atoms with Crippen LogP contribution in [-0.2, 0) is 10.3 Å². The van der Waals surface area contributed by atoms with Gasteiger partial charge in [-0.15, -0.1) is 0 Å². The molecule has 3 aliphatic rings. The number of ether oxygens (including phenoxy) is 1. The molecule has 2 atom stereocenters. The first-order valence-electron chi connectivity index (χ1n) is 4.20. The maximum Gasteiger partial charge on any atom is 0.339 e. The van der Waals surface area contributed by atoms with E-state index >= 15 is 0 Å². The summed E-state index contributed by atoms with van der Waals surface area (Å²) in [4.78, 5) is 11.3. The Morgan fingerprint density at radius 2 is 2.42 bits per heavy atom. The minimum absolute atomic E-state index is 0.119. The van der Waals surface area contributed by atoms with Crippen molar-refractivity contribution in [2.75, 3.05) is 0 Å². The van der Waals surface area contributed by atoms with Crippen LogP contribution >= 0.6 is 0 Å². The first-order valence-corrected chi connectivity index (χ1v) is 4.20. The van der Waals surface area contributed by atoms with Crippen molar-refractivity contribution in [2.45, 2.75) is 17.9 Å². The maximum absolute atomic E-state index is 11.3. The fourth-order valence-corrected chi connectivity index (χ4v) is 2.69. The highest BCUT2D eigenvalue weighted by atomic mass is 16.6. The molecule has 2 nitrogen and oxygen atoms in total. The van der Waals surface area contributed by atoms with E-state index in [0.717, 1.165) is 12.0 Å². The molecule has 0 bridgehead atoms. The molecule has 2 unspecified atom stereocenters. The van der Waals surface area contributed by atoms with Crippen molar-refractivity contribution >= 4 is 5.97 Å². The monoisotopic (exact) mass is 158 g/mol. The minimum Gasteiger partial charge on any atom is -0.450 e. The Hall–Kier alpha value is -1.31. The molecule has 4 rings (SSSR count). The number of rotatable bonds is 0. The first kappa shape index (κ1) is 5.36. The third-order valence-corrected chi connectivity index (χ3v) is 3.30. The van der Waals surface area contributed by atoms with E-state index < -0.39 is 0 Å². The Balaban J connectivity index is 2.19. The van der Waals surface area contributed by atoms with Crippen molar-refractivity contribution in [3.8, 4) is 0 Å². The molecular weight excluding hydrogens is 152 g/mol. The predicted molar refractivity (Wildman–Crippen MR) is 40.9 cm³/mol. The number of benzene rings is 1. The second kappa shape index (κ2) is 1.20.